The lowest BCUT2D eigenvalue weighted by molar-refractivity contribution is -0.303. The fourth-order valence-corrected chi connectivity index (χ4v) is 8.21. The average molecular weight is 846 g/mol. The summed E-state index contributed by atoms with van der Waals surface area (Å²) in [6, 6.07) is -1.16. The van der Waals surface area contributed by atoms with Crippen LogP contribution >= 0.6 is 0 Å². The van der Waals surface area contributed by atoms with Crippen molar-refractivity contribution in [3.05, 3.63) is 0 Å². The van der Waals surface area contributed by atoms with Crippen LogP contribution in [0, 0.1) is 5.92 Å². The number of hydrogen-bond donors (Lipinski definition) is 8. The Hall–Kier alpha value is -0.890. The molecule has 352 valence electrons. The molecular formula is C48H95NO10. The molecular weight excluding hydrogens is 751 g/mol. The van der Waals surface area contributed by atoms with Crippen LogP contribution in [0.4, 0.5) is 0 Å². The van der Waals surface area contributed by atoms with E-state index in [1.54, 1.807) is 0 Å². The summed E-state index contributed by atoms with van der Waals surface area (Å²) in [4.78, 5) is 13.1. The van der Waals surface area contributed by atoms with Crippen LogP contribution in [-0.2, 0) is 14.3 Å². The quantitative estimate of drug-likeness (QED) is 0.0277. The number of aliphatic hydroxyl groups excluding tert-OH is 7. The molecule has 1 amide bonds. The summed E-state index contributed by atoms with van der Waals surface area (Å²) >= 11 is 0. The Morgan fingerprint density at radius 3 is 1.36 bits per heavy atom. The van der Waals surface area contributed by atoms with Crippen molar-refractivity contribution < 1.29 is 50.0 Å². The largest absolute Gasteiger partial charge is 0.394 e. The van der Waals surface area contributed by atoms with Crippen molar-refractivity contribution >= 4 is 5.91 Å². The highest BCUT2D eigenvalue weighted by Crippen LogP contribution is 2.23. The first kappa shape index (κ1) is 56.1. The molecule has 0 unspecified atom stereocenters. The first-order valence-corrected chi connectivity index (χ1v) is 24.8. The molecule has 1 aliphatic rings. The molecule has 1 fully saturated rings. The van der Waals surface area contributed by atoms with E-state index in [9.17, 15) is 40.5 Å². The first-order valence-electron chi connectivity index (χ1n) is 24.8. The Labute approximate surface area is 360 Å². The predicted molar refractivity (Wildman–Crippen MR) is 238 cm³/mol. The number of nitrogens with one attached hydrogen (secondary N) is 1. The lowest BCUT2D eigenvalue weighted by Crippen LogP contribution is -2.60. The SMILES string of the molecule is CCCCCCCCCCCCCCCCCCCCCC[C@H](O)C(=O)N[C@@H](CO[C@@H]1O[C@H](CO)[C@H](O)[C@H](O)[C@H]1O)[C@H](O)[C@H](O)CCCCCCCCCCCC(C)C. The van der Waals surface area contributed by atoms with E-state index in [0.29, 0.717) is 19.3 Å². The van der Waals surface area contributed by atoms with Crippen LogP contribution in [0.15, 0.2) is 0 Å². The van der Waals surface area contributed by atoms with Crippen molar-refractivity contribution in [1.29, 1.82) is 0 Å². The zero-order valence-corrected chi connectivity index (χ0v) is 38.2. The fourth-order valence-electron chi connectivity index (χ4n) is 8.21. The van der Waals surface area contributed by atoms with Gasteiger partial charge in [0.25, 0.3) is 0 Å². The van der Waals surface area contributed by atoms with Crippen LogP contribution in [0.1, 0.15) is 226 Å². The summed E-state index contributed by atoms with van der Waals surface area (Å²) in [6.07, 6.45) is 25.9. The fraction of sp³-hybridized carbons (Fsp3) is 0.979. The van der Waals surface area contributed by atoms with Crippen LogP contribution in [0.5, 0.6) is 0 Å². The van der Waals surface area contributed by atoms with Gasteiger partial charge in [-0.3, -0.25) is 4.79 Å². The molecule has 0 aromatic heterocycles. The van der Waals surface area contributed by atoms with E-state index in [1.165, 1.54) is 141 Å². The van der Waals surface area contributed by atoms with Crippen LogP contribution in [0.3, 0.4) is 0 Å². The molecule has 9 atom stereocenters. The number of rotatable bonds is 41. The normalized spacial score (nSPS) is 21.8. The minimum absolute atomic E-state index is 0.266. The Kier molecular flexibility index (Phi) is 35.8. The second-order valence-corrected chi connectivity index (χ2v) is 18.4. The van der Waals surface area contributed by atoms with Gasteiger partial charge < -0.3 is 50.5 Å². The monoisotopic (exact) mass is 846 g/mol. The van der Waals surface area contributed by atoms with Gasteiger partial charge in [-0.05, 0) is 18.8 Å². The minimum Gasteiger partial charge on any atom is -0.394 e. The Bertz CT molecular complexity index is 941. The van der Waals surface area contributed by atoms with Crippen LogP contribution in [0.2, 0.25) is 0 Å². The lowest BCUT2D eigenvalue weighted by Gasteiger charge is -2.40. The first-order chi connectivity index (χ1) is 28.5. The van der Waals surface area contributed by atoms with E-state index >= 15 is 0 Å². The van der Waals surface area contributed by atoms with E-state index in [4.69, 9.17) is 9.47 Å². The molecule has 0 bridgehead atoms. The van der Waals surface area contributed by atoms with Gasteiger partial charge in [-0.2, -0.15) is 0 Å². The van der Waals surface area contributed by atoms with Crippen molar-refractivity contribution in [2.75, 3.05) is 13.2 Å². The van der Waals surface area contributed by atoms with Crippen LogP contribution < -0.4 is 5.32 Å². The standard InChI is InChI=1S/C48H95NO10/c1-4-5-6-7-8-9-10-11-12-13-14-15-16-17-18-19-22-26-29-32-35-41(52)47(57)49-39(37-58-48-46(56)45(55)44(54)42(36-50)59-48)43(53)40(51)34-31-28-25-23-20-21-24-27-30-33-38(2)3/h38-46,48,50-56H,4-37H2,1-3H3,(H,49,57)/t39-,40+,41-,42+,43-,44-,45-,46+,48+/m0/s1. The highest BCUT2D eigenvalue weighted by molar-refractivity contribution is 5.80. The van der Waals surface area contributed by atoms with Crippen molar-refractivity contribution in [3.63, 3.8) is 0 Å². The number of carbonyl (C=O) groups is 1. The van der Waals surface area contributed by atoms with E-state index in [2.05, 4.69) is 26.1 Å². The molecule has 11 nitrogen and oxygen atoms in total. The topological polar surface area (TPSA) is 189 Å². The minimum atomic E-state index is -1.66. The zero-order chi connectivity index (χ0) is 43.5. The number of unbranched alkanes of at least 4 members (excludes halogenated alkanes) is 27. The van der Waals surface area contributed by atoms with E-state index < -0.39 is 74.2 Å². The molecule has 0 radical (unpaired) electrons. The Morgan fingerprint density at radius 1 is 0.559 bits per heavy atom. The van der Waals surface area contributed by atoms with Gasteiger partial charge in [-0.15, -0.1) is 0 Å². The number of amides is 1. The summed E-state index contributed by atoms with van der Waals surface area (Å²) in [7, 11) is 0. The second-order valence-electron chi connectivity index (χ2n) is 18.4. The molecule has 59 heavy (non-hydrogen) atoms. The molecule has 1 aliphatic heterocycles. The maximum absolute atomic E-state index is 13.1. The van der Waals surface area contributed by atoms with Crippen molar-refractivity contribution in [2.24, 2.45) is 5.92 Å². The van der Waals surface area contributed by atoms with Gasteiger partial charge in [0, 0.05) is 0 Å². The number of aliphatic hydroxyl groups is 7. The lowest BCUT2D eigenvalue weighted by atomic mass is 9.98. The summed E-state index contributed by atoms with van der Waals surface area (Å²) in [5.74, 6) is 0.0701. The maximum atomic E-state index is 13.1. The van der Waals surface area contributed by atoms with Gasteiger partial charge in [0.1, 0.15) is 36.6 Å². The highest BCUT2D eigenvalue weighted by atomic mass is 16.7. The summed E-state index contributed by atoms with van der Waals surface area (Å²) in [5.41, 5.74) is 0. The second kappa shape index (κ2) is 37.6. The molecule has 0 aromatic carbocycles. The van der Waals surface area contributed by atoms with Crippen LogP contribution in [-0.4, -0.2) is 110 Å². The van der Waals surface area contributed by atoms with Gasteiger partial charge >= 0.3 is 0 Å². The summed E-state index contributed by atoms with van der Waals surface area (Å²) in [5, 5.41) is 75.7. The van der Waals surface area contributed by atoms with Crippen molar-refractivity contribution in [2.45, 2.75) is 281 Å². The average Bonchev–Trinajstić information content (AvgIpc) is 3.22. The third-order valence-corrected chi connectivity index (χ3v) is 12.3. The maximum Gasteiger partial charge on any atom is 0.249 e. The van der Waals surface area contributed by atoms with Gasteiger partial charge in [-0.1, -0.05) is 213 Å². The molecule has 8 N–H and O–H groups in total. The number of carbonyl (C=O) groups excluding carboxylic acids is 1. The Balaban J connectivity index is 2.37. The van der Waals surface area contributed by atoms with Gasteiger partial charge in [0.2, 0.25) is 5.91 Å². The molecule has 0 aliphatic carbocycles. The summed E-state index contributed by atoms with van der Waals surface area (Å²) in [6.45, 7) is 5.75. The molecule has 1 rings (SSSR count). The molecule has 1 heterocycles. The van der Waals surface area contributed by atoms with E-state index in [1.807, 2.05) is 0 Å². The van der Waals surface area contributed by atoms with Gasteiger partial charge in [0.05, 0.1) is 25.4 Å². The van der Waals surface area contributed by atoms with Crippen molar-refractivity contribution in [3.8, 4) is 0 Å². The van der Waals surface area contributed by atoms with E-state index in [-0.39, 0.29) is 6.42 Å². The van der Waals surface area contributed by atoms with E-state index in [0.717, 1.165) is 44.4 Å². The third-order valence-electron chi connectivity index (χ3n) is 12.3. The number of ether oxygens (including phenoxy) is 2. The number of hydrogen-bond acceptors (Lipinski definition) is 10. The third kappa shape index (κ3) is 28.4. The molecule has 0 spiro atoms. The molecule has 0 aromatic rings. The Morgan fingerprint density at radius 2 is 0.949 bits per heavy atom. The molecule has 0 saturated carbocycles. The highest BCUT2D eigenvalue weighted by Gasteiger charge is 2.44. The van der Waals surface area contributed by atoms with Gasteiger partial charge in [0.15, 0.2) is 6.29 Å². The summed E-state index contributed by atoms with van der Waals surface area (Å²) < 4.78 is 11.1. The van der Waals surface area contributed by atoms with Gasteiger partial charge in [-0.25, -0.2) is 0 Å². The van der Waals surface area contributed by atoms with Crippen LogP contribution in [0.25, 0.3) is 0 Å². The molecule has 1 saturated heterocycles. The molecule has 11 heteroatoms. The predicted octanol–water partition coefficient (Wildman–Crippen LogP) is 8.53. The zero-order valence-electron chi connectivity index (χ0n) is 38.2. The smallest absolute Gasteiger partial charge is 0.249 e. The van der Waals surface area contributed by atoms with Crippen molar-refractivity contribution in [1.82, 2.24) is 5.32 Å².